The van der Waals surface area contributed by atoms with E-state index in [2.05, 4.69) is 6.07 Å². The van der Waals surface area contributed by atoms with Crippen LogP contribution in [0.5, 0.6) is 0 Å². The summed E-state index contributed by atoms with van der Waals surface area (Å²) in [5.41, 5.74) is 3.12. The van der Waals surface area contributed by atoms with Crippen LogP contribution in [0.2, 0.25) is 0 Å². The van der Waals surface area contributed by atoms with Crippen LogP contribution in [0.25, 0.3) is 0 Å². The number of rotatable bonds is 5. The maximum absolute atomic E-state index is 13.2. The Balaban J connectivity index is 1.50. The Hall–Kier alpha value is -1.84. The average molecular weight is 433 g/mol. The smallest absolute Gasteiger partial charge is 0.310 e. The third kappa shape index (κ3) is 4.08. The number of esters is 1. The highest BCUT2D eigenvalue weighted by Gasteiger charge is 2.62. The normalized spacial score (nSPS) is 26.5. The van der Waals surface area contributed by atoms with E-state index in [9.17, 15) is 9.18 Å². The van der Waals surface area contributed by atoms with E-state index in [1.165, 1.54) is 17.7 Å². The summed E-state index contributed by atoms with van der Waals surface area (Å²) in [4.78, 5) is 12.9. The highest BCUT2D eigenvalue weighted by atomic mass is 35.5. The van der Waals surface area contributed by atoms with Gasteiger partial charge in [0.1, 0.15) is 16.4 Å². The van der Waals surface area contributed by atoms with E-state index in [0.717, 1.165) is 24.0 Å². The Bertz CT molecular complexity index is 948. The van der Waals surface area contributed by atoms with Crippen molar-refractivity contribution in [1.82, 2.24) is 0 Å². The molecule has 2 aromatic rings. The lowest BCUT2D eigenvalue weighted by atomic mass is 9.94. The monoisotopic (exact) mass is 432 g/mol. The lowest BCUT2D eigenvalue weighted by Crippen LogP contribution is -2.14. The summed E-state index contributed by atoms with van der Waals surface area (Å²) in [6.07, 6.45) is 2.98. The van der Waals surface area contributed by atoms with Crippen molar-refractivity contribution in [3.05, 3.63) is 81.6 Å². The fourth-order valence-corrected chi connectivity index (χ4v) is 4.96. The molecule has 0 amide bonds. The van der Waals surface area contributed by atoms with Gasteiger partial charge >= 0.3 is 5.97 Å². The van der Waals surface area contributed by atoms with Gasteiger partial charge in [0.25, 0.3) is 0 Å². The molecule has 4 atom stereocenters. The lowest BCUT2D eigenvalue weighted by Gasteiger charge is -2.15. The number of allylic oxidation sites excluding steroid dienone is 1. The molecule has 2 unspecified atom stereocenters. The van der Waals surface area contributed by atoms with Gasteiger partial charge in [0.2, 0.25) is 0 Å². The second kappa shape index (κ2) is 7.77. The predicted octanol–water partition coefficient (Wildman–Crippen LogP) is 6.73. The van der Waals surface area contributed by atoms with Crippen LogP contribution in [0.15, 0.2) is 59.1 Å². The van der Waals surface area contributed by atoms with Crippen molar-refractivity contribution in [2.75, 3.05) is 0 Å². The second-order valence-corrected chi connectivity index (χ2v) is 9.61. The van der Waals surface area contributed by atoms with Crippen LogP contribution < -0.4 is 0 Å². The molecule has 0 heterocycles. The summed E-state index contributed by atoms with van der Waals surface area (Å²) < 4.78 is 19.4. The maximum Gasteiger partial charge on any atom is 0.310 e. The Labute approximate surface area is 180 Å². The van der Waals surface area contributed by atoms with Crippen molar-refractivity contribution in [2.24, 2.45) is 17.3 Å². The molecule has 0 spiro atoms. The third-order valence-electron chi connectivity index (χ3n) is 6.41. The Kier molecular flexibility index (Phi) is 5.48. The van der Waals surface area contributed by atoms with Crippen molar-refractivity contribution >= 4 is 29.2 Å². The van der Waals surface area contributed by atoms with Crippen LogP contribution in [0.4, 0.5) is 4.39 Å². The molecule has 1 fully saturated rings. The zero-order valence-electron chi connectivity index (χ0n) is 16.4. The number of hydrogen-bond donors (Lipinski definition) is 0. The van der Waals surface area contributed by atoms with Gasteiger partial charge in [-0.25, -0.2) is 4.39 Å². The van der Waals surface area contributed by atoms with E-state index in [-0.39, 0.29) is 45.6 Å². The molecule has 2 aliphatic rings. The van der Waals surface area contributed by atoms with Gasteiger partial charge in [-0.3, -0.25) is 4.79 Å². The number of benzene rings is 2. The van der Waals surface area contributed by atoms with E-state index in [4.69, 9.17) is 27.9 Å². The van der Waals surface area contributed by atoms with Crippen LogP contribution in [0.3, 0.4) is 0 Å². The van der Waals surface area contributed by atoms with Gasteiger partial charge in [-0.1, -0.05) is 73.4 Å². The number of carbonyl (C=O) groups is 1. The number of fused-ring (bicyclic) bond motifs is 1. The molecule has 2 aliphatic carbocycles. The largest absolute Gasteiger partial charge is 0.457 e. The first-order valence-electron chi connectivity index (χ1n) is 9.84. The van der Waals surface area contributed by atoms with Crippen molar-refractivity contribution in [2.45, 2.75) is 38.7 Å². The SMILES string of the molecule is CC1(C)C(C=C(Cl)Cl)C1C(=O)O[C@@H]1C[C@@H](Cc2ccc(F)cc2)c2ccccc21. The number of hydrogen-bond acceptors (Lipinski definition) is 2. The molecule has 0 bridgehead atoms. The van der Waals surface area contributed by atoms with E-state index < -0.39 is 0 Å². The first kappa shape index (κ1) is 20.4. The molecule has 4 rings (SSSR count). The zero-order chi connectivity index (χ0) is 20.8. The average Bonchev–Trinajstić information content (AvgIpc) is 3.03. The molecule has 0 radical (unpaired) electrons. The molecule has 1 saturated carbocycles. The van der Waals surface area contributed by atoms with E-state index >= 15 is 0 Å². The van der Waals surface area contributed by atoms with Gasteiger partial charge in [0.05, 0.1) is 5.92 Å². The van der Waals surface area contributed by atoms with Crippen LogP contribution in [0.1, 0.15) is 49.0 Å². The molecular formula is C24H23Cl2FO2. The molecule has 0 aromatic heterocycles. The molecular weight excluding hydrogens is 410 g/mol. The minimum Gasteiger partial charge on any atom is -0.457 e. The van der Waals surface area contributed by atoms with Crippen molar-refractivity contribution in [3.8, 4) is 0 Å². The second-order valence-electron chi connectivity index (χ2n) is 8.60. The molecule has 2 aromatic carbocycles. The third-order valence-corrected chi connectivity index (χ3v) is 6.66. The molecule has 5 heteroatoms. The van der Waals surface area contributed by atoms with E-state index in [0.29, 0.717) is 0 Å². The van der Waals surface area contributed by atoms with Crippen LogP contribution >= 0.6 is 23.2 Å². The highest BCUT2D eigenvalue weighted by molar-refractivity contribution is 6.55. The van der Waals surface area contributed by atoms with Gasteiger partial charge in [0, 0.05) is 0 Å². The standard InChI is InChI=1S/C24H23Cl2FO2/c1-24(2)19(13-21(25)26)22(24)23(28)29-20-12-15(17-5-3-4-6-18(17)20)11-14-7-9-16(27)10-8-14/h3-10,13,15,19-20,22H,11-12H2,1-2H3/t15-,19?,20-,22?/m1/s1. The Morgan fingerprint density at radius 3 is 2.45 bits per heavy atom. The Morgan fingerprint density at radius 1 is 1.14 bits per heavy atom. The maximum atomic E-state index is 13.2. The van der Waals surface area contributed by atoms with Crippen LogP contribution in [-0.4, -0.2) is 5.97 Å². The fraction of sp³-hybridized carbons (Fsp3) is 0.375. The van der Waals surface area contributed by atoms with Crippen molar-refractivity contribution < 1.29 is 13.9 Å². The first-order valence-corrected chi connectivity index (χ1v) is 10.6. The summed E-state index contributed by atoms with van der Waals surface area (Å²) in [6, 6.07) is 14.7. The quantitative estimate of drug-likeness (QED) is 0.489. The molecule has 2 nitrogen and oxygen atoms in total. The first-order chi connectivity index (χ1) is 13.8. The number of ether oxygens (including phenoxy) is 1. The van der Waals surface area contributed by atoms with Gasteiger partial charge in [-0.05, 0) is 65.0 Å². The van der Waals surface area contributed by atoms with Crippen molar-refractivity contribution in [1.29, 1.82) is 0 Å². The molecule has 0 aliphatic heterocycles. The minimum absolute atomic E-state index is 0.00772. The number of halogens is 3. The minimum atomic E-state index is -0.267. The van der Waals surface area contributed by atoms with Crippen molar-refractivity contribution in [3.63, 3.8) is 0 Å². The predicted molar refractivity (Wildman–Crippen MR) is 113 cm³/mol. The van der Waals surface area contributed by atoms with Gasteiger partial charge in [0.15, 0.2) is 0 Å². The summed E-state index contributed by atoms with van der Waals surface area (Å²) >= 11 is 11.6. The molecule has 29 heavy (non-hydrogen) atoms. The van der Waals surface area contributed by atoms with Crippen LogP contribution in [0, 0.1) is 23.1 Å². The zero-order valence-corrected chi connectivity index (χ0v) is 17.9. The topological polar surface area (TPSA) is 26.3 Å². The molecule has 0 saturated heterocycles. The van der Waals surface area contributed by atoms with E-state index in [1.54, 1.807) is 6.08 Å². The Morgan fingerprint density at radius 2 is 1.79 bits per heavy atom. The molecule has 152 valence electrons. The van der Waals surface area contributed by atoms with E-state index in [1.807, 2.05) is 44.2 Å². The summed E-state index contributed by atoms with van der Waals surface area (Å²) in [6.45, 7) is 4.05. The van der Waals surface area contributed by atoms with Gasteiger partial charge in [-0.15, -0.1) is 0 Å². The van der Waals surface area contributed by atoms with Crippen LogP contribution in [-0.2, 0) is 16.0 Å². The lowest BCUT2D eigenvalue weighted by molar-refractivity contribution is -0.152. The highest BCUT2D eigenvalue weighted by Crippen LogP contribution is 2.60. The fourth-order valence-electron chi connectivity index (χ4n) is 4.69. The molecule has 0 N–H and O–H groups in total. The van der Waals surface area contributed by atoms with Gasteiger partial charge in [-0.2, -0.15) is 0 Å². The summed E-state index contributed by atoms with van der Waals surface area (Å²) in [5.74, 6) is -0.451. The summed E-state index contributed by atoms with van der Waals surface area (Å²) in [7, 11) is 0. The van der Waals surface area contributed by atoms with Gasteiger partial charge < -0.3 is 4.74 Å². The number of carbonyl (C=O) groups excluding carboxylic acids is 1. The summed E-state index contributed by atoms with van der Waals surface area (Å²) in [5, 5.41) is 0.